The lowest BCUT2D eigenvalue weighted by Gasteiger charge is -2.02. The summed E-state index contributed by atoms with van der Waals surface area (Å²) in [7, 11) is 0. The minimum absolute atomic E-state index is 0.615. The molecule has 4 aromatic rings. The number of nitrogen functional groups attached to an aromatic ring is 1. The van der Waals surface area contributed by atoms with Crippen molar-refractivity contribution in [2.45, 2.75) is 6.54 Å². The minimum Gasteiger partial charge on any atom is -0.276 e. The molecule has 0 atom stereocenters. The second-order valence-electron chi connectivity index (χ2n) is 5.26. The molecule has 0 unspecified atom stereocenters. The van der Waals surface area contributed by atoms with Crippen LogP contribution in [0.25, 0.3) is 21.5 Å². The lowest BCUT2D eigenvalue weighted by molar-refractivity contribution is -0.727. The Balaban J connectivity index is 1.73. The summed E-state index contributed by atoms with van der Waals surface area (Å²) < 4.78 is 1.84. The zero-order valence-electron chi connectivity index (χ0n) is 12.4. The van der Waals surface area contributed by atoms with Gasteiger partial charge in [-0.1, -0.05) is 59.7 Å². The molecule has 2 N–H and O–H groups in total. The maximum Gasteiger partial charge on any atom is 0.354 e. The molecule has 0 saturated carbocycles. The summed E-state index contributed by atoms with van der Waals surface area (Å²) in [5, 5.41) is 7.41. The Hall–Kier alpha value is -2.79. The third-order valence-corrected chi connectivity index (χ3v) is 4.65. The number of benzene rings is 2. The molecule has 0 spiro atoms. The quantitative estimate of drug-likeness (QED) is 0.590. The van der Waals surface area contributed by atoms with Crippen molar-refractivity contribution in [1.29, 1.82) is 0 Å². The molecule has 0 radical (unpaired) electrons. The molecule has 0 fully saturated rings. The molecular weight excluding hydrogens is 304 g/mol. The van der Waals surface area contributed by atoms with Gasteiger partial charge >= 0.3 is 5.13 Å². The topological polar surface area (TPSA) is 55.7 Å². The van der Waals surface area contributed by atoms with Crippen LogP contribution in [-0.4, -0.2) is 10.1 Å². The number of para-hydroxylation sites is 1. The van der Waals surface area contributed by atoms with Crippen LogP contribution >= 0.6 is 11.3 Å². The Labute approximate surface area is 137 Å². The lowest BCUT2D eigenvalue weighted by atomic mass is 10.1. The zero-order chi connectivity index (χ0) is 15.6. The molecule has 0 aliphatic heterocycles. The van der Waals surface area contributed by atoms with Crippen molar-refractivity contribution >= 4 is 27.4 Å². The van der Waals surface area contributed by atoms with Gasteiger partial charge in [0.05, 0.1) is 5.52 Å². The summed E-state index contributed by atoms with van der Waals surface area (Å²) in [6.07, 6.45) is 1.82. The molecule has 0 amide bonds. The first-order valence-electron chi connectivity index (χ1n) is 7.36. The number of fused-ring (bicyclic) bond motifs is 1. The van der Waals surface area contributed by atoms with E-state index in [4.69, 9.17) is 5.73 Å². The maximum absolute atomic E-state index is 6.17. The van der Waals surface area contributed by atoms with E-state index in [-0.39, 0.29) is 0 Å². The summed E-state index contributed by atoms with van der Waals surface area (Å²) in [6, 6.07) is 20.3. The van der Waals surface area contributed by atoms with Crippen LogP contribution in [0.3, 0.4) is 0 Å². The Morgan fingerprint density at radius 2 is 1.78 bits per heavy atom. The molecule has 2 heterocycles. The third-order valence-electron chi connectivity index (χ3n) is 3.72. The van der Waals surface area contributed by atoms with Crippen LogP contribution in [0.4, 0.5) is 5.13 Å². The largest absolute Gasteiger partial charge is 0.354 e. The maximum atomic E-state index is 6.17. The highest BCUT2D eigenvalue weighted by Crippen LogP contribution is 2.24. The van der Waals surface area contributed by atoms with Gasteiger partial charge in [0.25, 0.3) is 0 Å². The fourth-order valence-corrected chi connectivity index (χ4v) is 3.40. The van der Waals surface area contributed by atoms with Gasteiger partial charge in [-0.3, -0.25) is 10.7 Å². The highest BCUT2D eigenvalue weighted by atomic mass is 32.1. The van der Waals surface area contributed by atoms with Gasteiger partial charge in [-0.05, 0) is 17.4 Å². The monoisotopic (exact) mass is 319 g/mol. The molecule has 23 heavy (non-hydrogen) atoms. The zero-order valence-corrected chi connectivity index (χ0v) is 13.2. The van der Waals surface area contributed by atoms with Gasteiger partial charge < -0.3 is 0 Å². The first kappa shape index (κ1) is 13.8. The predicted molar refractivity (Wildman–Crippen MR) is 93.0 cm³/mol. The van der Waals surface area contributed by atoms with Crippen LogP contribution < -0.4 is 10.4 Å². The highest BCUT2D eigenvalue weighted by Gasteiger charge is 2.16. The summed E-state index contributed by atoms with van der Waals surface area (Å²) in [4.78, 5) is 4.49. The van der Waals surface area contributed by atoms with Crippen molar-refractivity contribution in [1.82, 2.24) is 10.1 Å². The van der Waals surface area contributed by atoms with Crippen LogP contribution in [0, 0.1) is 0 Å². The van der Waals surface area contributed by atoms with E-state index in [9.17, 15) is 0 Å². The number of aromatic nitrogens is 3. The van der Waals surface area contributed by atoms with Gasteiger partial charge in [-0.25, -0.2) is 0 Å². The first-order valence-corrected chi connectivity index (χ1v) is 8.17. The fourth-order valence-electron chi connectivity index (χ4n) is 2.60. The summed E-state index contributed by atoms with van der Waals surface area (Å²) in [6.45, 7) is 0.615. The molecule has 0 saturated heterocycles. The number of hydrogen-bond donors (Lipinski definition) is 1. The van der Waals surface area contributed by atoms with Gasteiger partial charge in [0.15, 0.2) is 5.01 Å². The number of nitrogens with zero attached hydrogens (tertiary/aromatic N) is 3. The SMILES string of the molecule is Nc1sc(-c2ccccc2)n[n+]1Cc1cccc2cccnc12. The molecule has 112 valence electrons. The number of hydrogen-bond acceptors (Lipinski definition) is 4. The average molecular weight is 319 g/mol. The molecule has 5 heteroatoms. The van der Waals surface area contributed by atoms with Crippen molar-refractivity contribution < 1.29 is 4.68 Å². The number of nitrogens with two attached hydrogens (primary N) is 1. The van der Waals surface area contributed by atoms with Crippen molar-refractivity contribution in [2.24, 2.45) is 0 Å². The molecule has 2 aromatic carbocycles. The summed E-state index contributed by atoms with van der Waals surface area (Å²) in [5.74, 6) is 0. The van der Waals surface area contributed by atoms with E-state index in [1.54, 1.807) is 0 Å². The Kier molecular flexibility index (Phi) is 3.48. The van der Waals surface area contributed by atoms with E-state index in [1.807, 2.05) is 53.3 Å². The van der Waals surface area contributed by atoms with Crippen LogP contribution in [0.5, 0.6) is 0 Å². The van der Waals surface area contributed by atoms with Gasteiger partial charge in [0.1, 0.15) is 6.54 Å². The standard InChI is InChI=1S/C18H14N4S/c19-18-22(21-17(23-18)14-6-2-1-3-7-14)12-15-9-4-8-13-10-5-11-20-16(13)15/h1-11,19H,12H2/p+1. The summed E-state index contributed by atoms with van der Waals surface area (Å²) in [5.41, 5.74) is 9.36. The van der Waals surface area contributed by atoms with Gasteiger partial charge in [0.2, 0.25) is 0 Å². The summed E-state index contributed by atoms with van der Waals surface area (Å²) >= 11 is 1.50. The van der Waals surface area contributed by atoms with Gasteiger partial charge in [-0.15, -0.1) is 4.68 Å². The van der Waals surface area contributed by atoms with Gasteiger partial charge in [0, 0.05) is 22.7 Å². The smallest absolute Gasteiger partial charge is 0.276 e. The number of pyridine rings is 1. The molecule has 4 nitrogen and oxygen atoms in total. The van der Waals surface area contributed by atoms with E-state index in [1.165, 1.54) is 11.3 Å². The fraction of sp³-hybridized carbons (Fsp3) is 0.0556. The number of rotatable bonds is 3. The van der Waals surface area contributed by atoms with Crippen molar-refractivity contribution in [3.05, 3.63) is 72.4 Å². The van der Waals surface area contributed by atoms with E-state index < -0.39 is 0 Å². The Morgan fingerprint density at radius 1 is 0.957 bits per heavy atom. The highest BCUT2D eigenvalue weighted by molar-refractivity contribution is 7.17. The van der Waals surface area contributed by atoms with Crippen LogP contribution in [-0.2, 0) is 6.54 Å². The van der Waals surface area contributed by atoms with Crippen LogP contribution in [0.15, 0.2) is 66.9 Å². The van der Waals surface area contributed by atoms with E-state index >= 15 is 0 Å². The lowest BCUT2D eigenvalue weighted by Crippen LogP contribution is -2.38. The number of anilines is 1. The molecule has 4 rings (SSSR count). The van der Waals surface area contributed by atoms with Gasteiger partial charge in [-0.2, -0.15) is 0 Å². The van der Waals surface area contributed by atoms with E-state index in [2.05, 4.69) is 28.3 Å². The van der Waals surface area contributed by atoms with E-state index in [0.717, 1.165) is 27.0 Å². The van der Waals surface area contributed by atoms with E-state index in [0.29, 0.717) is 11.7 Å². The predicted octanol–water partition coefficient (Wildman–Crippen LogP) is 3.28. The second kappa shape index (κ2) is 5.78. The molecule has 2 aromatic heterocycles. The van der Waals surface area contributed by atoms with Crippen molar-refractivity contribution in [2.75, 3.05) is 5.73 Å². The molecule has 0 bridgehead atoms. The second-order valence-corrected chi connectivity index (χ2v) is 6.27. The Morgan fingerprint density at radius 3 is 2.65 bits per heavy atom. The average Bonchev–Trinajstić information content (AvgIpc) is 2.97. The molecule has 0 aliphatic carbocycles. The molecular formula is C18H15N4S+. The minimum atomic E-state index is 0.615. The van der Waals surface area contributed by atoms with Crippen LogP contribution in [0.1, 0.15) is 5.56 Å². The molecule has 0 aliphatic rings. The Bertz CT molecular complexity index is 958. The third kappa shape index (κ3) is 2.66. The first-order chi connectivity index (χ1) is 11.3. The van der Waals surface area contributed by atoms with Crippen molar-refractivity contribution in [3.8, 4) is 10.6 Å². The normalized spacial score (nSPS) is 11.0. The van der Waals surface area contributed by atoms with Crippen LogP contribution in [0.2, 0.25) is 0 Å². The van der Waals surface area contributed by atoms with Crippen molar-refractivity contribution in [3.63, 3.8) is 0 Å².